The number of rotatable bonds is 3. The molecule has 0 unspecified atom stereocenters. The van der Waals surface area contributed by atoms with Gasteiger partial charge in [0.1, 0.15) is 0 Å². The topological polar surface area (TPSA) is 83.9 Å². The minimum Gasteiger partial charge on any atom is -0.481 e. The van der Waals surface area contributed by atoms with Crippen LogP contribution in [0, 0.1) is 11.3 Å². The summed E-state index contributed by atoms with van der Waals surface area (Å²) in [5.41, 5.74) is 1.02. The average molecular weight is 337 g/mol. The lowest BCUT2D eigenvalue weighted by molar-refractivity contribution is -0.149. The van der Waals surface area contributed by atoms with Gasteiger partial charge in [-0.3, -0.25) is 4.79 Å². The second kappa shape index (κ2) is 5.03. The van der Waals surface area contributed by atoms with Crippen LogP contribution in [0.2, 0.25) is 0 Å². The number of fused-ring (bicyclic) bond motifs is 2. The van der Waals surface area contributed by atoms with Gasteiger partial charge in [0.15, 0.2) is 0 Å². The zero-order valence-corrected chi connectivity index (χ0v) is 13.5. The van der Waals surface area contributed by atoms with Crippen LogP contribution in [0.5, 0.6) is 0 Å². The Kier molecular flexibility index (Phi) is 3.30. The summed E-state index contributed by atoms with van der Waals surface area (Å²) < 4.78 is 32.5. The molecule has 7 heteroatoms. The number of hydrogen-bond acceptors (Lipinski definition) is 4. The van der Waals surface area contributed by atoms with Gasteiger partial charge in [-0.1, -0.05) is 12.5 Å². The maximum absolute atomic E-state index is 12.9. The van der Waals surface area contributed by atoms with E-state index in [4.69, 9.17) is 4.74 Å². The van der Waals surface area contributed by atoms with Crippen molar-refractivity contribution in [1.29, 1.82) is 0 Å². The largest absolute Gasteiger partial charge is 0.481 e. The lowest BCUT2D eigenvalue weighted by Gasteiger charge is -2.23. The van der Waals surface area contributed by atoms with Crippen LogP contribution in [0.3, 0.4) is 0 Å². The van der Waals surface area contributed by atoms with Gasteiger partial charge in [0.2, 0.25) is 10.0 Å². The molecule has 1 saturated carbocycles. The van der Waals surface area contributed by atoms with E-state index in [0.717, 1.165) is 24.0 Å². The van der Waals surface area contributed by atoms with Gasteiger partial charge < -0.3 is 9.84 Å². The van der Waals surface area contributed by atoms with Crippen molar-refractivity contribution in [2.45, 2.75) is 37.4 Å². The third-order valence-corrected chi connectivity index (χ3v) is 7.40. The Morgan fingerprint density at radius 2 is 2.09 bits per heavy atom. The number of benzene rings is 1. The monoisotopic (exact) mass is 337 g/mol. The molecule has 1 aromatic rings. The molecule has 2 fully saturated rings. The molecule has 0 aromatic heterocycles. The van der Waals surface area contributed by atoms with Crippen LogP contribution in [0.1, 0.15) is 30.4 Å². The van der Waals surface area contributed by atoms with E-state index in [9.17, 15) is 18.3 Å². The van der Waals surface area contributed by atoms with Gasteiger partial charge in [-0.05, 0) is 42.0 Å². The fourth-order valence-electron chi connectivity index (χ4n) is 4.23. The van der Waals surface area contributed by atoms with Crippen LogP contribution < -0.4 is 0 Å². The van der Waals surface area contributed by atoms with E-state index in [0.29, 0.717) is 26.2 Å². The number of carboxylic acid groups (broad SMARTS) is 1. The van der Waals surface area contributed by atoms with Crippen molar-refractivity contribution in [3.05, 3.63) is 29.3 Å². The van der Waals surface area contributed by atoms with Crippen LogP contribution in [-0.2, 0) is 32.8 Å². The highest BCUT2D eigenvalue weighted by atomic mass is 32.2. The van der Waals surface area contributed by atoms with Crippen molar-refractivity contribution in [3.8, 4) is 0 Å². The van der Waals surface area contributed by atoms with Crippen molar-refractivity contribution in [3.63, 3.8) is 0 Å². The Hall–Kier alpha value is -1.44. The number of ether oxygens (including phenoxy) is 1. The molecule has 0 bridgehead atoms. The zero-order chi connectivity index (χ0) is 16.2. The molecule has 2 atom stereocenters. The number of carboxylic acids is 1. The molecule has 6 nitrogen and oxygen atoms in total. The first-order valence-corrected chi connectivity index (χ1v) is 9.31. The normalized spacial score (nSPS) is 30.3. The molecule has 0 amide bonds. The maximum atomic E-state index is 12.9. The van der Waals surface area contributed by atoms with E-state index in [2.05, 4.69) is 0 Å². The highest BCUT2D eigenvalue weighted by Gasteiger charge is 2.57. The summed E-state index contributed by atoms with van der Waals surface area (Å²) in [6.45, 7) is 1.34. The first-order valence-electron chi connectivity index (χ1n) is 7.86. The van der Waals surface area contributed by atoms with Crippen LogP contribution in [0.15, 0.2) is 23.1 Å². The van der Waals surface area contributed by atoms with Gasteiger partial charge >= 0.3 is 5.97 Å². The number of nitrogens with zero attached hydrogens (tertiary/aromatic N) is 1. The van der Waals surface area contributed by atoms with E-state index in [1.54, 1.807) is 18.2 Å². The molecule has 1 saturated heterocycles. The smallest absolute Gasteiger partial charge is 0.311 e. The van der Waals surface area contributed by atoms with E-state index in [-0.39, 0.29) is 17.4 Å². The standard InChI is InChI=1S/C16H19NO5S/c18-15(19)16-5-1-2-13(16)7-17(10-16)23(20,21)14-4-3-11-8-22-9-12(11)6-14/h3-4,6,13H,1-2,5,7-10H2,(H,18,19)/t13-,16+/m0/s1. The molecule has 1 aliphatic carbocycles. The lowest BCUT2D eigenvalue weighted by atomic mass is 9.81. The molecule has 2 heterocycles. The van der Waals surface area contributed by atoms with Gasteiger partial charge in [-0.2, -0.15) is 4.31 Å². The SMILES string of the molecule is O=C(O)[C@@]12CCC[C@H]1CN(S(=O)(=O)c1ccc3c(c1)COC3)C2. The fraction of sp³-hybridized carbons (Fsp3) is 0.562. The quantitative estimate of drug-likeness (QED) is 0.905. The summed E-state index contributed by atoms with van der Waals surface area (Å²) in [5, 5.41) is 9.62. The second-order valence-electron chi connectivity index (χ2n) is 6.77. The number of aliphatic carboxylic acids is 1. The molecule has 0 radical (unpaired) electrons. The Bertz CT molecular complexity index is 775. The van der Waals surface area contributed by atoms with Crippen molar-refractivity contribution in [2.24, 2.45) is 11.3 Å². The lowest BCUT2D eigenvalue weighted by Crippen LogP contribution is -2.37. The first-order chi connectivity index (χ1) is 10.9. The van der Waals surface area contributed by atoms with Crippen molar-refractivity contribution in [1.82, 2.24) is 4.31 Å². The highest BCUT2D eigenvalue weighted by molar-refractivity contribution is 7.89. The molecule has 0 spiro atoms. The highest BCUT2D eigenvalue weighted by Crippen LogP contribution is 2.50. The van der Waals surface area contributed by atoms with Gasteiger partial charge in [0.25, 0.3) is 0 Å². The second-order valence-corrected chi connectivity index (χ2v) is 8.71. The van der Waals surface area contributed by atoms with Crippen LogP contribution in [0.25, 0.3) is 0 Å². The fourth-order valence-corrected chi connectivity index (χ4v) is 5.84. The molecule has 23 heavy (non-hydrogen) atoms. The van der Waals surface area contributed by atoms with Gasteiger partial charge in [-0.25, -0.2) is 8.42 Å². The predicted molar refractivity (Wildman–Crippen MR) is 81.1 cm³/mol. The van der Waals surface area contributed by atoms with Gasteiger partial charge in [-0.15, -0.1) is 0 Å². The van der Waals surface area contributed by atoms with E-state index >= 15 is 0 Å². The Morgan fingerprint density at radius 1 is 1.30 bits per heavy atom. The Labute approximate surface area is 135 Å². The minimum atomic E-state index is -3.66. The van der Waals surface area contributed by atoms with Crippen LogP contribution in [-0.4, -0.2) is 36.9 Å². The van der Waals surface area contributed by atoms with Crippen LogP contribution in [0.4, 0.5) is 0 Å². The molecule has 3 aliphatic rings. The number of carbonyl (C=O) groups is 1. The van der Waals surface area contributed by atoms with Crippen molar-refractivity contribution in [2.75, 3.05) is 13.1 Å². The average Bonchev–Trinajstić information content (AvgIpc) is 3.19. The molecule has 124 valence electrons. The predicted octanol–water partition coefficient (Wildman–Crippen LogP) is 1.59. The van der Waals surface area contributed by atoms with E-state index < -0.39 is 21.4 Å². The summed E-state index contributed by atoms with van der Waals surface area (Å²) in [6, 6.07) is 5.06. The van der Waals surface area contributed by atoms with Crippen LogP contribution >= 0.6 is 0 Å². The number of sulfonamides is 1. The number of hydrogen-bond donors (Lipinski definition) is 1. The van der Waals surface area contributed by atoms with E-state index in [1.807, 2.05) is 0 Å². The minimum absolute atomic E-state index is 0.0764. The Balaban J connectivity index is 1.67. The molecule has 4 rings (SSSR count). The van der Waals surface area contributed by atoms with Gasteiger partial charge in [0.05, 0.1) is 23.5 Å². The molecular weight excluding hydrogens is 318 g/mol. The van der Waals surface area contributed by atoms with E-state index in [1.165, 1.54) is 4.31 Å². The molecule has 2 aliphatic heterocycles. The summed E-state index contributed by atoms with van der Waals surface area (Å²) in [5.74, 6) is -0.937. The van der Waals surface area contributed by atoms with Crippen molar-refractivity contribution >= 4 is 16.0 Å². The summed E-state index contributed by atoms with van der Waals surface area (Å²) in [7, 11) is -3.66. The third kappa shape index (κ3) is 2.14. The maximum Gasteiger partial charge on any atom is 0.311 e. The molecular formula is C16H19NO5S. The van der Waals surface area contributed by atoms with Crippen molar-refractivity contribution < 1.29 is 23.1 Å². The summed E-state index contributed by atoms with van der Waals surface area (Å²) in [6.07, 6.45) is 2.22. The zero-order valence-electron chi connectivity index (χ0n) is 12.7. The summed E-state index contributed by atoms with van der Waals surface area (Å²) >= 11 is 0. The third-order valence-electron chi connectivity index (χ3n) is 5.60. The van der Waals surface area contributed by atoms with Gasteiger partial charge in [0, 0.05) is 13.1 Å². The molecule has 1 aromatic carbocycles. The first kappa shape index (κ1) is 15.1. The summed E-state index contributed by atoms with van der Waals surface area (Å²) in [4.78, 5) is 12.0. The Morgan fingerprint density at radius 3 is 2.83 bits per heavy atom. The molecule has 1 N–H and O–H groups in total.